The predicted octanol–water partition coefficient (Wildman–Crippen LogP) is 4.37. The van der Waals surface area contributed by atoms with Crippen molar-refractivity contribution in [3.63, 3.8) is 0 Å². The van der Waals surface area contributed by atoms with E-state index in [1.54, 1.807) is 6.20 Å². The van der Waals surface area contributed by atoms with Gasteiger partial charge in [-0.05, 0) is 64.9 Å². The number of aryl methyl sites for hydroxylation is 1. The zero-order chi connectivity index (χ0) is 24.8. The number of hydrogen-bond donors (Lipinski definition) is 2. The van der Waals surface area contributed by atoms with Crippen LogP contribution in [0.3, 0.4) is 0 Å². The number of piperidine rings is 1. The van der Waals surface area contributed by atoms with Crippen molar-refractivity contribution < 1.29 is 0 Å². The minimum atomic E-state index is -0.0711. The van der Waals surface area contributed by atoms with E-state index in [-0.39, 0.29) is 11.6 Å². The zero-order valence-corrected chi connectivity index (χ0v) is 21.3. The van der Waals surface area contributed by atoms with E-state index in [2.05, 4.69) is 49.8 Å². The summed E-state index contributed by atoms with van der Waals surface area (Å²) >= 11 is 0. The highest BCUT2D eigenvalue weighted by molar-refractivity contribution is 6.07. The lowest BCUT2D eigenvalue weighted by Gasteiger charge is -2.36. The lowest BCUT2D eigenvalue weighted by atomic mass is 10.0. The van der Waals surface area contributed by atoms with Gasteiger partial charge in [-0.1, -0.05) is 12.8 Å². The van der Waals surface area contributed by atoms with E-state index in [0.29, 0.717) is 23.3 Å². The van der Waals surface area contributed by atoms with E-state index in [4.69, 9.17) is 9.97 Å². The van der Waals surface area contributed by atoms with Crippen molar-refractivity contribution in [2.45, 2.75) is 57.5 Å². The largest absolute Gasteiger partial charge is 0.370 e. The fraction of sp³-hybridized carbons (Fsp3) is 0.481. The van der Waals surface area contributed by atoms with Crippen LogP contribution in [-0.4, -0.2) is 62.6 Å². The fourth-order valence-electron chi connectivity index (χ4n) is 6.04. The van der Waals surface area contributed by atoms with Crippen molar-refractivity contribution >= 4 is 39.4 Å². The molecule has 6 rings (SSSR count). The highest BCUT2D eigenvalue weighted by atomic mass is 16.1. The summed E-state index contributed by atoms with van der Waals surface area (Å²) in [5.74, 6) is 1.22. The first-order valence-electron chi connectivity index (χ1n) is 13.0. The van der Waals surface area contributed by atoms with Gasteiger partial charge >= 0.3 is 0 Å². The van der Waals surface area contributed by atoms with Crippen molar-refractivity contribution in [1.82, 2.24) is 29.4 Å². The van der Waals surface area contributed by atoms with Gasteiger partial charge in [-0.25, -0.2) is 9.97 Å². The van der Waals surface area contributed by atoms with Gasteiger partial charge in [0.1, 0.15) is 17.0 Å². The molecule has 0 unspecified atom stereocenters. The summed E-state index contributed by atoms with van der Waals surface area (Å²) in [5.41, 5.74) is 3.46. The third-order valence-electron chi connectivity index (χ3n) is 7.98. The monoisotopic (exact) mass is 486 g/mol. The van der Waals surface area contributed by atoms with Crippen LogP contribution in [0.2, 0.25) is 0 Å². The molecule has 9 heteroatoms. The quantitative estimate of drug-likeness (QED) is 0.433. The first kappa shape index (κ1) is 23.0. The molecule has 0 aromatic carbocycles. The van der Waals surface area contributed by atoms with Crippen LogP contribution in [0, 0.1) is 6.92 Å². The summed E-state index contributed by atoms with van der Waals surface area (Å²) in [5, 5.41) is 5.19. The zero-order valence-electron chi connectivity index (χ0n) is 21.3. The Labute approximate surface area is 210 Å². The van der Waals surface area contributed by atoms with E-state index < -0.39 is 0 Å². The Hall–Kier alpha value is -3.46. The molecule has 1 saturated heterocycles. The number of H-pyrrole nitrogens is 1. The first-order chi connectivity index (χ1) is 17.5. The van der Waals surface area contributed by atoms with E-state index >= 15 is 0 Å². The number of pyridine rings is 2. The van der Waals surface area contributed by atoms with Crippen molar-refractivity contribution in [1.29, 1.82) is 0 Å². The Morgan fingerprint density at radius 1 is 1.06 bits per heavy atom. The number of fused-ring (bicyclic) bond motifs is 3. The molecule has 0 spiro atoms. The van der Waals surface area contributed by atoms with Crippen LogP contribution >= 0.6 is 0 Å². The third-order valence-corrected chi connectivity index (χ3v) is 7.98. The molecular formula is C27H34N8O. The molecule has 4 aromatic rings. The molecule has 1 aliphatic heterocycles. The summed E-state index contributed by atoms with van der Waals surface area (Å²) in [7, 11) is 4.32. The van der Waals surface area contributed by atoms with Crippen molar-refractivity contribution in [2.24, 2.45) is 0 Å². The number of anilines is 3. The van der Waals surface area contributed by atoms with Crippen molar-refractivity contribution in [3.05, 3.63) is 46.6 Å². The Bertz CT molecular complexity index is 1440. The number of nitrogens with one attached hydrogen (secondary N) is 2. The molecule has 0 atom stereocenters. The summed E-state index contributed by atoms with van der Waals surface area (Å²) in [6.45, 7) is 4.07. The molecule has 5 heterocycles. The van der Waals surface area contributed by atoms with Gasteiger partial charge in [0.15, 0.2) is 0 Å². The standard InChI is InChI=1S/C27H34N8O/c1-17-23-21-10-13-28-26(36)24(21)35(19-6-4-5-7-19)25(23)32-27(30-17)31-22-9-8-20(16-29-22)34-14-11-18(12-15-34)33(2)3/h8-10,13,16,18-19H,4-7,11-12,14-15H2,1-3H3,(H,28,36)(H,29,30,31,32). The maximum Gasteiger partial charge on any atom is 0.272 e. The van der Waals surface area contributed by atoms with Crippen molar-refractivity contribution in [2.75, 3.05) is 37.4 Å². The van der Waals surface area contributed by atoms with Crippen LogP contribution in [0.5, 0.6) is 0 Å². The Balaban J connectivity index is 1.31. The molecule has 1 saturated carbocycles. The molecule has 2 N–H and O–H groups in total. The van der Waals surface area contributed by atoms with Crippen molar-refractivity contribution in [3.8, 4) is 0 Å². The molecule has 2 fully saturated rings. The molecule has 9 nitrogen and oxygen atoms in total. The van der Waals surface area contributed by atoms with Gasteiger partial charge in [-0.15, -0.1) is 0 Å². The summed E-state index contributed by atoms with van der Waals surface area (Å²) in [4.78, 5) is 34.8. The van der Waals surface area contributed by atoms with Crippen LogP contribution < -0.4 is 15.8 Å². The predicted molar refractivity (Wildman–Crippen MR) is 144 cm³/mol. The van der Waals surface area contributed by atoms with Gasteiger partial charge < -0.3 is 24.7 Å². The summed E-state index contributed by atoms with van der Waals surface area (Å²) < 4.78 is 2.16. The average Bonchev–Trinajstić information content (AvgIpc) is 3.51. The smallest absolute Gasteiger partial charge is 0.272 e. The molecule has 1 aliphatic carbocycles. The maximum atomic E-state index is 12.9. The second-order valence-electron chi connectivity index (χ2n) is 10.4. The highest BCUT2D eigenvalue weighted by Crippen LogP contribution is 2.37. The summed E-state index contributed by atoms with van der Waals surface area (Å²) in [6, 6.07) is 7.01. The normalized spacial score (nSPS) is 17.6. The topological polar surface area (TPSA) is 95.0 Å². The van der Waals surface area contributed by atoms with Crippen LogP contribution in [0.4, 0.5) is 17.5 Å². The first-order valence-corrected chi connectivity index (χ1v) is 13.0. The van der Waals surface area contributed by atoms with Crippen LogP contribution in [0.1, 0.15) is 50.3 Å². The number of rotatable bonds is 5. The third kappa shape index (κ3) is 4.01. The SMILES string of the molecule is Cc1nc(Nc2ccc(N3CCC(N(C)C)CC3)cn2)nc2c1c1cc[nH]c(=O)c1n2C1CCCC1. The van der Waals surface area contributed by atoms with Gasteiger partial charge in [-0.3, -0.25) is 4.79 Å². The molecular weight excluding hydrogens is 452 g/mol. The van der Waals surface area contributed by atoms with Crippen LogP contribution in [0.15, 0.2) is 35.4 Å². The minimum absolute atomic E-state index is 0.0711. The second-order valence-corrected chi connectivity index (χ2v) is 10.4. The Morgan fingerprint density at radius 2 is 1.83 bits per heavy atom. The number of aromatic amines is 1. The van der Waals surface area contributed by atoms with Gasteiger partial charge in [-0.2, -0.15) is 4.98 Å². The van der Waals surface area contributed by atoms with Gasteiger partial charge in [0.25, 0.3) is 5.56 Å². The molecule has 0 amide bonds. The molecule has 4 aromatic heterocycles. The maximum absolute atomic E-state index is 12.9. The van der Waals surface area contributed by atoms with E-state index in [1.165, 1.54) is 12.8 Å². The number of nitrogens with zero attached hydrogens (tertiary/aromatic N) is 6. The molecule has 36 heavy (non-hydrogen) atoms. The average molecular weight is 487 g/mol. The molecule has 188 valence electrons. The number of hydrogen-bond acceptors (Lipinski definition) is 7. The van der Waals surface area contributed by atoms with Gasteiger partial charge in [0.05, 0.1) is 17.6 Å². The molecule has 0 bridgehead atoms. The number of aromatic nitrogens is 5. The van der Waals surface area contributed by atoms with E-state index in [9.17, 15) is 4.79 Å². The molecule has 2 aliphatic rings. The lowest BCUT2D eigenvalue weighted by Crippen LogP contribution is -2.42. The van der Waals surface area contributed by atoms with Crippen LogP contribution in [0.25, 0.3) is 21.9 Å². The lowest BCUT2D eigenvalue weighted by molar-refractivity contribution is 0.249. The van der Waals surface area contributed by atoms with Gasteiger partial charge in [0, 0.05) is 42.1 Å². The van der Waals surface area contributed by atoms with E-state index in [0.717, 1.165) is 66.6 Å². The molecule has 0 radical (unpaired) electrons. The Morgan fingerprint density at radius 3 is 2.53 bits per heavy atom. The fourth-order valence-corrected chi connectivity index (χ4v) is 6.04. The highest BCUT2D eigenvalue weighted by Gasteiger charge is 2.26. The minimum Gasteiger partial charge on any atom is -0.370 e. The van der Waals surface area contributed by atoms with Crippen LogP contribution in [-0.2, 0) is 0 Å². The van der Waals surface area contributed by atoms with Gasteiger partial charge in [0.2, 0.25) is 5.95 Å². The second kappa shape index (κ2) is 9.20. The summed E-state index contributed by atoms with van der Waals surface area (Å²) in [6.07, 6.45) is 10.4. The Kier molecular flexibility index (Phi) is 5.87. The van der Waals surface area contributed by atoms with E-state index in [1.807, 2.05) is 25.3 Å².